The van der Waals surface area contributed by atoms with Crippen LogP contribution in [0.1, 0.15) is 12.8 Å². The van der Waals surface area contributed by atoms with Gasteiger partial charge in [0.25, 0.3) is 0 Å². The molecule has 0 atom stereocenters. The smallest absolute Gasteiger partial charge is 0.240 e. The molecule has 0 spiro atoms. The second-order valence-corrected chi connectivity index (χ2v) is 5.67. The Balaban J connectivity index is 2.08. The Hall–Kier alpha value is -0.910. The molecule has 1 aromatic carbocycles. The molecule has 5 heteroatoms. The fourth-order valence-electron chi connectivity index (χ4n) is 1.83. The van der Waals surface area contributed by atoms with Crippen LogP contribution in [0.25, 0.3) is 0 Å². The first-order chi connectivity index (χ1) is 7.68. The molecule has 0 aromatic heterocycles. The first kappa shape index (κ1) is 11.6. The number of rotatable bonds is 3. The third kappa shape index (κ3) is 2.81. The van der Waals surface area contributed by atoms with Gasteiger partial charge in [-0.1, -0.05) is 18.2 Å². The highest BCUT2D eigenvalue weighted by Crippen LogP contribution is 2.11. The van der Waals surface area contributed by atoms with Crippen molar-refractivity contribution in [2.45, 2.75) is 23.8 Å². The molecule has 1 fully saturated rings. The number of benzene rings is 1. The molecule has 0 amide bonds. The lowest BCUT2D eigenvalue weighted by Gasteiger charge is -2.23. The number of nitrogens with one attached hydrogen (secondary N) is 2. The largest absolute Gasteiger partial charge is 0.317 e. The maximum absolute atomic E-state index is 12.0. The highest BCUT2D eigenvalue weighted by Gasteiger charge is 2.20. The van der Waals surface area contributed by atoms with Crippen LogP contribution in [0, 0.1) is 0 Å². The van der Waals surface area contributed by atoms with Gasteiger partial charge in [0.15, 0.2) is 0 Å². The average Bonchev–Trinajstić information content (AvgIpc) is 2.31. The molecule has 0 unspecified atom stereocenters. The summed E-state index contributed by atoms with van der Waals surface area (Å²) < 4.78 is 26.7. The predicted molar refractivity (Wildman–Crippen MR) is 62.7 cm³/mol. The second-order valence-electron chi connectivity index (χ2n) is 3.96. The zero-order valence-corrected chi connectivity index (χ0v) is 9.83. The molecule has 2 rings (SSSR count). The summed E-state index contributed by atoms with van der Waals surface area (Å²) in [5.74, 6) is 0. The van der Waals surface area contributed by atoms with Gasteiger partial charge in [-0.2, -0.15) is 0 Å². The van der Waals surface area contributed by atoms with E-state index in [4.69, 9.17) is 0 Å². The topological polar surface area (TPSA) is 58.2 Å². The standard InChI is InChI=1S/C11H16N2O2S/c14-16(15,11-4-2-1-3-5-11)13-10-6-8-12-9-7-10/h1-5,10,12-13H,6-9H2. The van der Waals surface area contributed by atoms with Crippen molar-refractivity contribution in [2.75, 3.05) is 13.1 Å². The highest BCUT2D eigenvalue weighted by atomic mass is 32.2. The summed E-state index contributed by atoms with van der Waals surface area (Å²) >= 11 is 0. The Morgan fingerprint density at radius 1 is 1.12 bits per heavy atom. The minimum absolute atomic E-state index is 0.0615. The van der Waals surface area contributed by atoms with Gasteiger partial charge in [0.05, 0.1) is 4.90 Å². The summed E-state index contributed by atoms with van der Waals surface area (Å²) in [6, 6.07) is 8.57. The van der Waals surface area contributed by atoms with Gasteiger partial charge >= 0.3 is 0 Å². The third-order valence-electron chi connectivity index (χ3n) is 2.71. The molecule has 16 heavy (non-hydrogen) atoms. The van der Waals surface area contributed by atoms with Gasteiger partial charge in [-0.05, 0) is 38.1 Å². The minimum atomic E-state index is -3.34. The van der Waals surface area contributed by atoms with Crippen LogP contribution in [0.4, 0.5) is 0 Å². The average molecular weight is 240 g/mol. The highest BCUT2D eigenvalue weighted by molar-refractivity contribution is 7.89. The van der Waals surface area contributed by atoms with E-state index in [1.165, 1.54) is 0 Å². The molecule has 1 saturated heterocycles. The first-order valence-electron chi connectivity index (χ1n) is 5.46. The van der Waals surface area contributed by atoms with Gasteiger partial charge in [0, 0.05) is 6.04 Å². The molecule has 1 heterocycles. The zero-order chi connectivity index (χ0) is 11.4. The Kier molecular flexibility index (Phi) is 3.58. The zero-order valence-electron chi connectivity index (χ0n) is 9.02. The number of sulfonamides is 1. The molecule has 2 N–H and O–H groups in total. The van der Waals surface area contributed by atoms with Crippen molar-refractivity contribution < 1.29 is 8.42 Å². The van der Waals surface area contributed by atoms with Crippen LogP contribution in [0.5, 0.6) is 0 Å². The van der Waals surface area contributed by atoms with Gasteiger partial charge in [-0.3, -0.25) is 0 Å². The number of hydrogen-bond donors (Lipinski definition) is 2. The summed E-state index contributed by atoms with van der Waals surface area (Å²) in [5.41, 5.74) is 0. The van der Waals surface area contributed by atoms with Gasteiger partial charge in [0.2, 0.25) is 10.0 Å². The molecule has 0 aliphatic carbocycles. The molecule has 88 valence electrons. The molecule has 4 nitrogen and oxygen atoms in total. The van der Waals surface area contributed by atoms with Gasteiger partial charge in [-0.25, -0.2) is 13.1 Å². The van der Waals surface area contributed by atoms with Crippen molar-refractivity contribution in [3.8, 4) is 0 Å². The van der Waals surface area contributed by atoms with E-state index in [1.807, 2.05) is 6.07 Å². The van der Waals surface area contributed by atoms with Crippen LogP contribution < -0.4 is 10.0 Å². The Morgan fingerprint density at radius 3 is 2.38 bits per heavy atom. The molecule has 1 aliphatic heterocycles. The third-order valence-corrected chi connectivity index (χ3v) is 4.25. The van der Waals surface area contributed by atoms with E-state index in [2.05, 4.69) is 10.0 Å². The van der Waals surface area contributed by atoms with Gasteiger partial charge in [0.1, 0.15) is 0 Å². The van der Waals surface area contributed by atoms with Crippen molar-refractivity contribution >= 4 is 10.0 Å². The lowest BCUT2D eigenvalue weighted by atomic mass is 10.1. The maximum atomic E-state index is 12.0. The number of piperidine rings is 1. The first-order valence-corrected chi connectivity index (χ1v) is 6.95. The van der Waals surface area contributed by atoms with Crippen LogP contribution in [0.2, 0.25) is 0 Å². The van der Waals surface area contributed by atoms with E-state index in [-0.39, 0.29) is 6.04 Å². The van der Waals surface area contributed by atoms with Crippen molar-refractivity contribution in [3.63, 3.8) is 0 Å². The predicted octanol–water partition coefficient (Wildman–Crippen LogP) is 0.717. The Morgan fingerprint density at radius 2 is 1.75 bits per heavy atom. The summed E-state index contributed by atoms with van der Waals surface area (Å²) in [7, 11) is -3.34. The number of hydrogen-bond acceptors (Lipinski definition) is 3. The SMILES string of the molecule is O=S(=O)(NC1CCNCC1)c1ccccc1. The van der Waals surface area contributed by atoms with E-state index in [9.17, 15) is 8.42 Å². The van der Waals surface area contributed by atoms with Crippen LogP contribution in [0.3, 0.4) is 0 Å². The molecule has 1 aromatic rings. The lowest BCUT2D eigenvalue weighted by molar-refractivity contribution is 0.427. The van der Waals surface area contributed by atoms with Gasteiger partial charge < -0.3 is 5.32 Å². The lowest BCUT2D eigenvalue weighted by Crippen LogP contribution is -2.42. The second kappa shape index (κ2) is 4.95. The fourth-order valence-corrected chi connectivity index (χ4v) is 3.15. The van der Waals surface area contributed by atoms with E-state index < -0.39 is 10.0 Å². The summed E-state index contributed by atoms with van der Waals surface area (Å²) in [6.07, 6.45) is 1.71. The summed E-state index contributed by atoms with van der Waals surface area (Å²) in [4.78, 5) is 0.341. The quantitative estimate of drug-likeness (QED) is 0.818. The van der Waals surface area contributed by atoms with E-state index >= 15 is 0 Å². The monoisotopic (exact) mass is 240 g/mol. The normalized spacial score (nSPS) is 18.5. The summed E-state index contributed by atoms with van der Waals surface area (Å²) in [5, 5.41) is 3.21. The molecule has 1 aliphatic rings. The summed E-state index contributed by atoms with van der Waals surface area (Å²) in [6.45, 7) is 1.75. The van der Waals surface area contributed by atoms with E-state index in [0.717, 1.165) is 25.9 Å². The molecular weight excluding hydrogens is 224 g/mol. The van der Waals surface area contributed by atoms with Crippen molar-refractivity contribution in [1.82, 2.24) is 10.0 Å². The Labute approximate surface area is 96.1 Å². The molecule has 0 bridgehead atoms. The fraction of sp³-hybridized carbons (Fsp3) is 0.455. The van der Waals surface area contributed by atoms with Crippen LogP contribution >= 0.6 is 0 Å². The molecule has 0 radical (unpaired) electrons. The maximum Gasteiger partial charge on any atom is 0.240 e. The molecule has 0 saturated carbocycles. The van der Waals surface area contributed by atoms with Crippen molar-refractivity contribution in [2.24, 2.45) is 0 Å². The van der Waals surface area contributed by atoms with Crippen molar-refractivity contribution in [3.05, 3.63) is 30.3 Å². The van der Waals surface area contributed by atoms with Crippen LogP contribution in [-0.4, -0.2) is 27.5 Å². The van der Waals surface area contributed by atoms with Crippen molar-refractivity contribution in [1.29, 1.82) is 0 Å². The van der Waals surface area contributed by atoms with Gasteiger partial charge in [-0.15, -0.1) is 0 Å². The van der Waals surface area contributed by atoms with Crippen LogP contribution in [-0.2, 0) is 10.0 Å². The minimum Gasteiger partial charge on any atom is -0.317 e. The van der Waals surface area contributed by atoms with Crippen LogP contribution in [0.15, 0.2) is 35.2 Å². The van der Waals surface area contributed by atoms with E-state index in [0.29, 0.717) is 4.90 Å². The molecular formula is C11H16N2O2S. The Bertz CT molecular complexity index is 425. The van der Waals surface area contributed by atoms with E-state index in [1.54, 1.807) is 24.3 Å².